The molecule has 2 aliphatic heterocycles. The summed E-state index contributed by atoms with van der Waals surface area (Å²) in [6.45, 7) is -0.997. The van der Waals surface area contributed by atoms with Crippen LogP contribution < -0.4 is 4.90 Å². The molecule has 3 aromatic carbocycles. The molecule has 0 aromatic heterocycles. The lowest BCUT2D eigenvalue weighted by molar-refractivity contribution is -0.124. The number of rotatable bonds is 5. The molecule has 216 valence electrons. The molecule has 15 heteroatoms. The van der Waals surface area contributed by atoms with Crippen molar-refractivity contribution >= 4 is 68.4 Å². The molecule has 0 saturated carbocycles. The number of halogens is 4. The van der Waals surface area contributed by atoms with Gasteiger partial charge in [-0.1, -0.05) is 46.9 Å². The first-order valence-electron chi connectivity index (χ1n) is 12.0. The molecule has 1 N–H and O–H groups in total. The predicted molar refractivity (Wildman–Crippen MR) is 151 cm³/mol. The standard InChI is InChI=1S/C27H18Cl3FN4O6S/c1-33-26(39)35(18-7-16(28)6-17(29)8-18)25(38)27(33)13-34(12-20(27)15-4-2-14(11-32)3-5-15)42(40,41)23-9-19(24(36)37)21(30)10-22(23)31/h2-10,20H,12-13H2,1H3,(H,36,37)/t20-,27?/m0/s1. The Bertz CT molecular complexity index is 1810. The number of urea groups is 1. The third-order valence-electron chi connectivity index (χ3n) is 7.45. The molecule has 2 fully saturated rings. The summed E-state index contributed by atoms with van der Waals surface area (Å²) in [6.07, 6.45) is 0. The minimum Gasteiger partial charge on any atom is -0.478 e. The summed E-state index contributed by atoms with van der Waals surface area (Å²) < 4.78 is 43.5. The average molecular weight is 652 g/mol. The number of carboxylic acid groups (broad SMARTS) is 1. The van der Waals surface area contributed by atoms with Crippen molar-refractivity contribution in [1.82, 2.24) is 9.21 Å². The van der Waals surface area contributed by atoms with Crippen LogP contribution in [-0.4, -0.2) is 66.3 Å². The summed E-state index contributed by atoms with van der Waals surface area (Å²) in [6, 6.07) is 12.5. The molecule has 3 amide bonds. The van der Waals surface area contributed by atoms with E-state index in [0.717, 1.165) is 14.1 Å². The van der Waals surface area contributed by atoms with Crippen molar-refractivity contribution in [3.05, 3.63) is 92.2 Å². The zero-order chi connectivity index (χ0) is 30.7. The molecule has 2 heterocycles. The second kappa shape index (κ2) is 10.5. The number of amides is 3. The molecule has 10 nitrogen and oxygen atoms in total. The molecule has 42 heavy (non-hydrogen) atoms. The second-order valence-corrected chi connectivity index (χ2v) is 12.9. The Morgan fingerprint density at radius 1 is 1.07 bits per heavy atom. The first-order valence-corrected chi connectivity index (χ1v) is 14.6. The number of likely N-dealkylation sites (N-methyl/N-ethyl adjacent to an activating group) is 1. The Labute approximate surface area is 254 Å². The SMILES string of the molecule is CN1C(=O)N(c2cc(Cl)cc(Cl)c2)C(=O)C12CN(S(=O)(=O)c1cc(C(=O)O)c(Cl)cc1F)C[C@H]2c1ccc(C#N)cc1. The number of sulfonamides is 1. The van der Waals surface area contributed by atoms with Crippen LogP contribution in [0.4, 0.5) is 14.9 Å². The fourth-order valence-corrected chi connectivity index (χ4v) is 7.69. The summed E-state index contributed by atoms with van der Waals surface area (Å²) in [5, 5.41) is 18.5. The number of carbonyl (C=O) groups excluding carboxylic acids is 2. The van der Waals surface area contributed by atoms with E-state index in [1.54, 1.807) is 0 Å². The molecule has 3 aromatic rings. The van der Waals surface area contributed by atoms with Crippen molar-refractivity contribution in [3.8, 4) is 6.07 Å². The van der Waals surface area contributed by atoms with Crippen molar-refractivity contribution in [3.63, 3.8) is 0 Å². The predicted octanol–water partition coefficient (Wildman–Crippen LogP) is 4.98. The third-order valence-corrected chi connectivity index (χ3v) is 10.0. The number of hydrogen-bond acceptors (Lipinski definition) is 6. The van der Waals surface area contributed by atoms with Gasteiger partial charge < -0.3 is 10.0 Å². The normalized spacial score (nSPS) is 20.9. The molecule has 0 aliphatic carbocycles. The maximum absolute atomic E-state index is 15.0. The lowest BCUT2D eigenvalue weighted by Crippen LogP contribution is -2.54. The van der Waals surface area contributed by atoms with E-state index in [-0.39, 0.29) is 15.7 Å². The van der Waals surface area contributed by atoms with Crippen molar-refractivity contribution in [2.45, 2.75) is 16.4 Å². The van der Waals surface area contributed by atoms with E-state index < -0.39 is 73.8 Å². The quantitative estimate of drug-likeness (QED) is 0.384. The van der Waals surface area contributed by atoms with E-state index in [2.05, 4.69) is 0 Å². The highest BCUT2D eigenvalue weighted by Gasteiger charge is 2.66. The summed E-state index contributed by atoms with van der Waals surface area (Å²) in [5.74, 6) is -4.64. The largest absolute Gasteiger partial charge is 0.478 e. The van der Waals surface area contributed by atoms with Gasteiger partial charge in [0.2, 0.25) is 10.0 Å². The van der Waals surface area contributed by atoms with Gasteiger partial charge in [-0.2, -0.15) is 9.57 Å². The maximum Gasteiger partial charge on any atom is 0.337 e. The van der Waals surface area contributed by atoms with Gasteiger partial charge in [0.05, 0.1) is 27.9 Å². The molecular formula is C27H18Cl3FN4O6S. The van der Waals surface area contributed by atoms with Crippen LogP contribution in [0.15, 0.2) is 59.5 Å². The van der Waals surface area contributed by atoms with Crippen molar-refractivity contribution in [2.75, 3.05) is 25.0 Å². The monoisotopic (exact) mass is 650 g/mol. The van der Waals surface area contributed by atoms with E-state index >= 15 is 4.39 Å². The molecular weight excluding hydrogens is 634 g/mol. The highest BCUT2D eigenvalue weighted by Crippen LogP contribution is 2.48. The van der Waals surface area contributed by atoms with Gasteiger partial charge in [0, 0.05) is 36.1 Å². The highest BCUT2D eigenvalue weighted by atomic mass is 35.5. The number of hydrogen-bond donors (Lipinski definition) is 1. The smallest absolute Gasteiger partial charge is 0.337 e. The number of carboxylic acids is 1. The fourth-order valence-electron chi connectivity index (χ4n) is 5.38. The van der Waals surface area contributed by atoms with Crippen LogP contribution in [-0.2, 0) is 14.8 Å². The second-order valence-electron chi connectivity index (χ2n) is 9.69. The molecule has 5 rings (SSSR count). The van der Waals surface area contributed by atoms with Crippen LogP contribution in [0.2, 0.25) is 15.1 Å². The van der Waals surface area contributed by atoms with Crippen molar-refractivity contribution in [1.29, 1.82) is 5.26 Å². The summed E-state index contributed by atoms with van der Waals surface area (Å²) >= 11 is 18.1. The number of nitriles is 1. The Morgan fingerprint density at radius 2 is 1.69 bits per heavy atom. The number of benzene rings is 3. The molecule has 0 radical (unpaired) electrons. The number of aromatic carboxylic acids is 1. The van der Waals surface area contributed by atoms with E-state index in [1.165, 1.54) is 49.5 Å². The van der Waals surface area contributed by atoms with E-state index in [4.69, 9.17) is 34.8 Å². The number of carbonyl (C=O) groups is 3. The Balaban J connectivity index is 1.67. The van der Waals surface area contributed by atoms with Crippen LogP contribution in [0, 0.1) is 17.1 Å². The molecule has 2 atom stereocenters. The van der Waals surface area contributed by atoms with Crippen molar-refractivity contribution < 1.29 is 32.3 Å². The highest BCUT2D eigenvalue weighted by molar-refractivity contribution is 7.89. The van der Waals surface area contributed by atoms with Crippen LogP contribution in [0.1, 0.15) is 27.4 Å². The molecule has 2 aliphatic rings. The van der Waals surface area contributed by atoms with E-state index in [9.17, 15) is 33.2 Å². The molecule has 0 bridgehead atoms. The zero-order valence-corrected chi connectivity index (χ0v) is 24.5. The topological polar surface area (TPSA) is 139 Å². The molecule has 1 spiro atoms. The minimum atomic E-state index is -4.79. The Hall–Kier alpha value is -3.73. The first kappa shape index (κ1) is 29.8. The first-order chi connectivity index (χ1) is 19.7. The van der Waals surface area contributed by atoms with Crippen LogP contribution >= 0.6 is 34.8 Å². The number of nitrogens with zero attached hydrogens (tertiary/aromatic N) is 4. The number of imide groups is 1. The lowest BCUT2D eigenvalue weighted by atomic mass is 9.80. The van der Waals surface area contributed by atoms with E-state index in [1.807, 2.05) is 6.07 Å². The summed E-state index contributed by atoms with van der Waals surface area (Å²) in [7, 11) is -3.45. The van der Waals surface area contributed by atoms with Gasteiger partial charge in [0.25, 0.3) is 5.91 Å². The summed E-state index contributed by atoms with van der Waals surface area (Å²) in [5.41, 5.74) is -1.68. The van der Waals surface area contributed by atoms with Gasteiger partial charge in [-0.25, -0.2) is 27.3 Å². The van der Waals surface area contributed by atoms with Crippen LogP contribution in [0.25, 0.3) is 0 Å². The Morgan fingerprint density at radius 3 is 2.26 bits per heavy atom. The third kappa shape index (κ3) is 4.58. The van der Waals surface area contributed by atoms with Gasteiger partial charge in [0.1, 0.15) is 16.3 Å². The van der Waals surface area contributed by atoms with E-state index in [0.29, 0.717) is 23.3 Å². The van der Waals surface area contributed by atoms with Gasteiger partial charge in [-0.05, 0) is 48.0 Å². The van der Waals surface area contributed by atoms with Gasteiger partial charge >= 0.3 is 12.0 Å². The summed E-state index contributed by atoms with van der Waals surface area (Å²) in [4.78, 5) is 40.5. The van der Waals surface area contributed by atoms with Gasteiger partial charge in [-0.3, -0.25) is 4.79 Å². The minimum absolute atomic E-state index is 0.0564. The molecule has 1 unspecified atom stereocenters. The lowest BCUT2D eigenvalue weighted by Gasteiger charge is -2.33. The van der Waals surface area contributed by atoms with Gasteiger partial charge in [-0.15, -0.1) is 0 Å². The van der Waals surface area contributed by atoms with Crippen LogP contribution in [0.5, 0.6) is 0 Å². The van der Waals surface area contributed by atoms with Gasteiger partial charge in [0.15, 0.2) is 0 Å². The number of anilines is 1. The molecule has 2 saturated heterocycles. The fraction of sp³-hybridized carbons (Fsp3) is 0.185. The zero-order valence-electron chi connectivity index (χ0n) is 21.4. The Kier molecular flexibility index (Phi) is 7.45. The van der Waals surface area contributed by atoms with Crippen LogP contribution in [0.3, 0.4) is 0 Å². The van der Waals surface area contributed by atoms with Crippen molar-refractivity contribution in [2.24, 2.45) is 0 Å². The maximum atomic E-state index is 15.0. The average Bonchev–Trinajstić information content (AvgIpc) is 3.41.